The molecule has 2 N–H and O–H groups in total. The summed E-state index contributed by atoms with van der Waals surface area (Å²) in [5, 5.41) is 12.5. The lowest BCUT2D eigenvalue weighted by Crippen LogP contribution is -2.34. The first-order valence-corrected chi connectivity index (χ1v) is 8.73. The highest BCUT2D eigenvalue weighted by molar-refractivity contribution is 5.91. The number of amides is 2. The highest BCUT2D eigenvalue weighted by Crippen LogP contribution is 2.31. The van der Waals surface area contributed by atoms with Gasteiger partial charge < -0.3 is 20.1 Å². The molecule has 1 saturated heterocycles. The van der Waals surface area contributed by atoms with Gasteiger partial charge in [-0.2, -0.15) is 0 Å². The second-order valence-electron chi connectivity index (χ2n) is 6.83. The average Bonchev–Trinajstić information content (AvgIpc) is 3.21. The highest BCUT2D eigenvalue weighted by atomic mass is 19.1. The summed E-state index contributed by atoms with van der Waals surface area (Å²) in [6.07, 6.45) is 4.63. The molecule has 1 aliphatic carbocycles. The van der Waals surface area contributed by atoms with Crippen molar-refractivity contribution in [2.45, 2.75) is 51.2 Å². The van der Waals surface area contributed by atoms with E-state index in [2.05, 4.69) is 5.32 Å². The lowest BCUT2D eigenvalue weighted by molar-refractivity contribution is 0.130. The molecule has 2 aliphatic rings. The molecule has 6 heteroatoms. The number of anilines is 1. The number of aliphatic hydroxyl groups excluding tert-OH is 1. The van der Waals surface area contributed by atoms with Crippen LogP contribution in [0.3, 0.4) is 0 Å². The number of nitrogens with zero attached hydrogens (tertiary/aromatic N) is 1. The van der Waals surface area contributed by atoms with Crippen molar-refractivity contribution < 1.29 is 19.0 Å². The van der Waals surface area contributed by atoms with Crippen LogP contribution in [0.5, 0.6) is 5.75 Å². The number of hydrogen-bond donors (Lipinski definition) is 2. The van der Waals surface area contributed by atoms with Crippen LogP contribution in [0.25, 0.3) is 0 Å². The standard InChI is InChI=1S/C18H25FN2O3/c1-12(22)13-8-9-21(11-13)18(23)20-16-7-6-14(19)10-17(16)24-15-4-2-3-5-15/h6-7,10,12-13,15,22H,2-5,8-9,11H2,1H3,(H,20,23)/t12-,13-/m0/s1. The van der Waals surface area contributed by atoms with E-state index in [0.29, 0.717) is 24.5 Å². The van der Waals surface area contributed by atoms with Crippen LogP contribution in [0.2, 0.25) is 0 Å². The van der Waals surface area contributed by atoms with Gasteiger partial charge in [-0.3, -0.25) is 0 Å². The fourth-order valence-corrected chi connectivity index (χ4v) is 3.44. The minimum absolute atomic E-state index is 0.0915. The third-order valence-electron chi connectivity index (χ3n) is 4.98. The van der Waals surface area contributed by atoms with Gasteiger partial charge in [-0.15, -0.1) is 0 Å². The first-order valence-electron chi connectivity index (χ1n) is 8.73. The largest absolute Gasteiger partial charge is 0.488 e. The van der Waals surface area contributed by atoms with Gasteiger partial charge in [-0.1, -0.05) is 0 Å². The zero-order chi connectivity index (χ0) is 17.1. The van der Waals surface area contributed by atoms with E-state index in [1.165, 1.54) is 12.1 Å². The quantitative estimate of drug-likeness (QED) is 0.886. The third-order valence-corrected chi connectivity index (χ3v) is 4.98. The van der Waals surface area contributed by atoms with Crippen molar-refractivity contribution in [1.82, 2.24) is 4.90 Å². The number of nitrogens with one attached hydrogen (secondary N) is 1. The van der Waals surface area contributed by atoms with E-state index in [0.717, 1.165) is 32.1 Å². The predicted molar refractivity (Wildman–Crippen MR) is 89.7 cm³/mol. The molecule has 0 aromatic heterocycles. The number of ether oxygens (including phenoxy) is 1. The van der Waals surface area contributed by atoms with E-state index >= 15 is 0 Å². The predicted octanol–water partition coefficient (Wildman–Crippen LogP) is 3.38. The van der Waals surface area contributed by atoms with Crippen molar-refractivity contribution in [2.24, 2.45) is 5.92 Å². The normalized spacial score (nSPS) is 22.6. The van der Waals surface area contributed by atoms with Crippen molar-refractivity contribution in [1.29, 1.82) is 0 Å². The molecule has 0 radical (unpaired) electrons. The van der Waals surface area contributed by atoms with Crippen molar-refractivity contribution in [2.75, 3.05) is 18.4 Å². The molecule has 2 atom stereocenters. The number of halogens is 1. The molecule has 0 spiro atoms. The number of hydrogen-bond acceptors (Lipinski definition) is 3. The fourth-order valence-electron chi connectivity index (χ4n) is 3.44. The molecule has 1 heterocycles. The summed E-state index contributed by atoms with van der Waals surface area (Å²) in [4.78, 5) is 14.1. The second kappa shape index (κ2) is 7.38. The maximum absolute atomic E-state index is 13.6. The molecule has 24 heavy (non-hydrogen) atoms. The van der Waals surface area contributed by atoms with E-state index in [1.807, 2.05) is 0 Å². The van der Waals surface area contributed by atoms with Crippen molar-refractivity contribution in [3.05, 3.63) is 24.0 Å². The molecule has 132 valence electrons. The maximum Gasteiger partial charge on any atom is 0.321 e. The number of urea groups is 1. The van der Waals surface area contributed by atoms with Crippen LogP contribution in [0.15, 0.2) is 18.2 Å². The molecule has 0 unspecified atom stereocenters. The Morgan fingerprint density at radius 2 is 2.12 bits per heavy atom. The Balaban J connectivity index is 1.66. The molecular weight excluding hydrogens is 311 g/mol. The number of carbonyl (C=O) groups is 1. The van der Waals surface area contributed by atoms with E-state index in [4.69, 9.17) is 4.74 Å². The van der Waals surface area contributed by atoms with E-state index in [-0.39, 0.29) is 23.9 Å². The fraction of sp³-hybridized carbons (Fsp3) is 0.611. The van der Waals surface area contributed by atoms with E-state index < -0.39 is 6.10 Å². The zero-order valence-electron chi connectivity index (χ0n) is 14.0. The minimum atomic E-state index is -0.421. The topological polar surface area (TPSA) is 61.8 Å². The molecule has 2 amide bonds. The summed E-state index contributed by atoms with van der Waals surface area (Å²) in [5.41, 5.74) is 0.494. The number of rotatable bonds is 4. The summed E-state index contributed by atoms with van der Waals surface area (Å²) in [7, 11) is 0. The van der Waals surface area contributed by atoms with E-state index in [9.17, 15) is 14.3 Å². The smallest absolute Gasteiger partial charge is 0.321 e. The second-order valence-corrected chi connectivity index (χ2v) is 6.83. The highest BCUT2D eigenvalue weighted by Gasteiger charge is 2.29. The average molecular weight is 336 g/mol. The summed E-state index contributed by atoms with van der Waals surface area (Å²) in [6, 6.07) is 3.96. The Labute approximate surface area is 141 Å². The van der Waals surface area contributed by atoms with Gasteiger partial charge in [0.25, 0.3) is 0 Å². The first-order chi connectivity index (χ1) is 11.5. The molecular formula is C18H25FN2O3. The first kappa shape index (κ1) is 17.0. The van der Waals surface area contributed by atoms with Crippen molar-refractivity contribution >= 4 is 11.7 Å². The SMILES string of the molecule is C[C@H](O)[C@H]1CCN(C(=O)Nc2ccc(F)cc2OC2CCCC2)C1. The molecule has 1 aromatic rings. The lowest BCUT2D eigenvalue weighted by atomic mass is 10.0. The maximum atomic E-state index is 13.6. The monoisotopic (exact) mass is 336 g/mol. The van der Waals surface area contributed by atoms with Crippen LogP contribution in [-0.4, -0.2) is 41.3 Å². The summed E-state index contributed by atoms with van der Waals surface area (Å²) < 4.78 is 19.5. The molecule has 5 nitrogen and oxygen atoms in total. The van der Waals surface area contributed by atoms with Crippen LogP contribution < -0.4 is 10.1 Å². The molecule has 1 aromatic carbocycles. The Bertz CT molecular complexity index is 588. The summed E-state index contributed by atoms with van der Waals surface area (Å²) in [6.45, 7) is 2.89. The van der Waals surface area contributed by atoms with Gasteiger partial charge in [0.1, 0.15) is 11.6 Å². The van der Waals surface area contributed by atoms with Gasteiger partial charge in [-0.25, -0.2) is 9.18 Å². The molecule has 0 bridgehead atoms. The molecule has 1 aliphatic heterocycles. The van der Waals surface area contributed by atoms with Gasteiger partial charge in [-0.05, 0) is 51.2 Å². The number of aliphatic hydroxyl groups is 1. The number of likely N-dealkylation sites (tertiary alicyclic amines) is 1. The van der Waals surface area contributed by atoms with Crippen LogP contribution in [0.4, 0.5) is 14.9 Å². The van der Waals surface area contributed by atoms with Gasteiger partial charge in [0.05, 0.1) is 17.9 Å². The molecule has 1 saturated carbocycles. The Morgan fingerprint density at radius 1 is 1.38 bits per heavy atom. The number of benzene rings is 1. The minimum Gasteiger partial charge on any atom is -0.488 e. The summed E-state index contributed by atoms with van der Waals surface area (Å²) >= 11 is 0. The van der Waals surface area contributed by atoms with Gasteiger partial charge in [0.15, 0.2) is 0 Å². The Kier molecular flexibility index (Phi) is 5.23. The van der Waals surface area contributed by atoms with Crippen LogP contribution >= 0.6 is 0 Å². The van der Waals surface area contributed by atoms with Crippen molar-refractivity contribution in [3.8, 4) is 5.75 Å². The molecule has 3 rings (SSSR count). The van der Waals surface area contributed by atoms with Gasteiger partial charge in [0.2, 0.25) is 0 Å². The third kappa shape index (κ3) is 3.98. The Morgan fingerprint density at radius 3 is 2.79 bits per heavy atom. The molecule has 2 fully saturated rings. The zero-order valence-corrected chi connectivity index (χ0v) is 14.0. The van der Waals surface area contributed by atoms with Crippen LogP contribution in [0, 0.1) is 11.7 Å². The number of carbonyl (C=O) groups excluding carboxylic acids is 1. The van der Waals surface area contributed by atoms with Gasteiger partial charge in [0, 0.05) is 25.1 Å². The Hall–Kier alpha value is -1.82. The van der Waals surface area contributed by atoms with Crippen LogP contribution in [0.1, 0.15) is 39.0 Å². The van der Waals surface area contributed by atoms with Gasteiger partial charge >= 0.3 is 6.03 Å². The van der Waals surface area contributed by atoms with Crippen LogP contribution in [-0.2, 0) is 0 Å². The van der Waals surface area contributed by atoms with E-state index in [1.54, 1.807) is 17.9 Å². The summed E-state index contributed by atoms with van der Waals surface area (Å²) in [5.74, 6) is 0.121. The lowest BCUT2D eigenvalue weighted by Gasteiger charge is -2.21. The van der Waals surface area contributed by atoms with Crippen molar-refractivity contribution in [3.63, 3.8) is 0 Å².